The van der Waals surface area contributed by atoms with E-state index in [4.69, 9.17) is 0 Å². The van der Waals surface area contributed by atoms with Crippen molar-refractivity contribution in [2.75, 3.05) is 0 Å². The van der Waals surface area contributed by atoms with Crippen LogP contribution in [0.4, 0.5) is 0 Å². The highest BCUT2D eigenvalue weighted by atomic mass is 14.1. The summed E-state index contributed by atoms with van der Waals surface area (Å²) in [7, 11) is 0. The fraction of sp³-hybridized carbons (Fsp3) is 0.455. The Morgan fingerprint density at radius 3 is 2.64 bits per heavy atom. The molecule has 60 valence electrons. The van der Waals surface area contributed by atoms with Crippen LogP contribution >= 0.6 is 0 Å². The maximum absolute atomic E-state index is 2.32. The van der Waals surface area contributed by atoms with E-state index in [9.17, 15) is 0 Å². The summed E-state index contributed by atoms with van der Waals surface area (Å²) in [5.41, 5.74) is 2.80. The lowest BCUT2D eigenvalue weighted by Gasteiger charge is -2.00. The minimum Gasteiger partial charge on any atom is -0.0767 e. The van der Waals surface area contributed by atoms with Crippen LogP contribution in [0.2, 0.25) is 0 Å². The van der Waals surface area contributed by atoms with Gasteiger partial charge >= 0.3 is 0 Å². The van der Waals surface area contributed by atoms with Gasteiger partial charge in [0.15, 0.2) is 0 Å². The van der Waals surface area contributed by atoms with Gasteiger partial charge in [-0.1, -0.05) is 38.2 Å². The van der Waals surface area contributed by atoms with E-state index in [0.717, 1.165) is 5.92 Å². The van der Waals surface area contributed by atoms with Gasteiger partial charge in [0.25, 0.3) is 0 Å². The van der Waals surface area contributed by atoms with Crippen LogP contribution in [0.3, 0.4) is 0 Å². The first-order valence-corrected chi connectivity index (χ1v) is 4.25. The molecule has 0 aromatic carbocycles. The highest BCUT2D eigenvalue weighted by Gasteiger charge is 1.99. The molecule has 0 radical (unpaired) electrons. The van der Waals surface area contributed by atoms with Crippen LogP contribution in [0.1, 0.15) is 27.2 Å². The first kappa shape index (κ1) is 8.32. The van der Waals surface area contributed by atoms with Crippen molar-refractivity contribution in [2.45, 2.75) is 27.2 Å². The highest BCUT2D eigenvalue weighted by molar-refractivity contribution is 5.46. The first-order valence-electron chi connectivity index (χ1n) is 4.25. The fourth-order valence-corrected chi connectivity index (χ4v) is 1.12. The summed E-state index contributed by atoms with van der Waals surface area (Å²) in [5, 5.41) is 0. The van der Waals surface area contributed by atoms with Gasteiger partial charge in [-0.2, -0.15) is 0 Å². The van der Waals surface area contributed by atoms with Crippen LogP contribution in [0.5, 0.6) is 0 Å². The number of hydrogen-bond acceptors (Lipinski definition) is 0. The lowest BCUT2D eigenvalue weighted by atomic mass is 10.1. The third-order valence-electron chi connectivity index (χ3n) is 1.89. The molecule has 0 aromatic rings. The van der Waals surface area contributed by atoms with Crippen molar-refractivity contribution in [1.82, 2.24) is 0 Å². The minimum atomic E-state index is 0.768. The van der Waals surface area contributed by atoms with Crippen molar-refractivity contribution in [1.29, 1.82) is 0 Å². The topological polar surface area (TPSA) is 0 Å². The molecular formula is C11H16. The number of hydrogen-bond donors (Lipinski definition) is 0. The molecule has 0 N–H and O–H groups in total. The van der Waals surface area contributed by atoms with Crippen molar-refractivity contribution in [3.63, 3.8) is 0 Å². The average Bonchev–Trinajstić information content (AvgIpc) is 2.31. The molecule has 0 bridgehead atoms. The number of allylic oxidation sites excluding steroid dienone is 6. The standard InChI is InChI=1S/C11H16/c1-9(2)7-8-11-6-4-5-10(11)3/h4-6,8-9H,7H2,1-3H3. The molecule has 1 rings (SSSR count). The van der Waals surface area contributed by atoms with Crippen LogP contribution < -0.4 is 0 Å². The maximum Gasteiger partial charge on any atom is -0.0267 e. The zero-order chi connectivity index (χ0) is 8.27. The normalized spacial score (nSPS) is 20.0. The summed E-state index contributed by atoms with van der Waals surface area (Å²) in [6.45, 7) is 6.65. The Balaban J connectivity index is 2.54. The maximum atomic E-state index is 2.32. The Kier molecular flexibility index (Phi) is 2.70. The molecule has 1 aliphatic rings. The van der Waals surface area contributed by atoms with Crippen LogP contribution in [0.25, 0.3) is 0 Å². The minimum absolute atomic E-state index is 0.768. The van der Waals surface area contributed by atoms with Gasteiger partial charge in [0.1, 0.15) is 0 Å². The molecule has 0 heteroatoms. The molecule has 0 saturated carbocycles. The van der Waals surface area contributed by atoms with Crippen LogP contribution in [0.15, 0.2) is 35.5 Å². The van der Waals surface area contributed by atoms with Gasteiger partial charge in [-0.25, -0.2) is 0 Å². The van der Waals surface area contributed by atoms with Crippen LogP contribution in [0, 0.1) is 5.92 Å². The van der Waals surface area contributed by atoms with Gasteiger partial charge in [-0.15, -0.1) is 0 Å². The third kappa shape index (κ3) is 2.38. The molecule has 0 aliphatic heterocycles. The van der Waals surface area contributed by atoms with Crippen molar-refractivity contribution in [3.05, 3.63) is 35.5 Å². The summed E-state index contributed by atoms with van der Waals surface area (Å²) in [5.74, 6) is 0.768. The molecule has 0 unspecified atom stereocenters. The van der Waals surface area contributed by atoms with E-state index in [1.807, 2.05) is 0 Å². The molecule has 0 fully saturated rings. The van der Waals surface area contributed by atoms with E-state index in [2.05, 4.69) is 45.1 Å². The van der Waals surface area contributed by atoms with E-state index >= 15 is 0 Å². The largest absolute Gasteiger partial charge is 0.0767 e. The van der Waals surface area contributed by atoms with Crippen molar-refractivity contribution < 1.29 is 0 Å². The van der Waals surface area contributed by atoms with Gasteiger partial charge in [0, 0.05) is 0 Å². The van der Waals surface area contributed by atoms with Gasteiger partial charge in [0.05, 0.1) is 0 Å². The second kappa shape index (κ2) is 3.56. The monoisotopic (exact) mass is 148 g/mol. The van der Waals surface area contributed by atoms with Crippen molar-refractivity contribution in [3.8, 4) is 0 Å². The van der Waals surface area contributed by atoms with Gasteiger partial charge in [-0.3, -0.25) is 0 Å². The predicted octanol–water partition coefficient (Wildman–Crippen LogP) is 3.48. The smallest absolute Gasteiger partial charge is 0.0267 e. The Bertz CT molecular complexity index is 214. The SMILES string of the molecule is CC1=CC=CC1=CCC(C)C. The van der Waals surface area contributed by atoms with E-state index in [0.29, 0.717) is 0 Å². The first-order chi connectivity index (χ1) is 5.20. The summed E-state index contributed by atoms with van der Waals surface area (Å²) in [4.78, 5) is 0. The summed E-state index contributed by atoms with van der Waals surface area (Å²) in [6, 6.07) is 0. The molecule has 0 saturated heterocycles. The summed E-state index contributed by atoms with van der Waals surface area (Å²) >= 11 is 0. The van der Waals surface area contributed by atoms with Crippen LogP contribution in [-0.4, -0.2) is 0 Å². The molecule has 0 spiro atoms. The molecule has 0 aromatic heterocycles. The molecule has 0 heterocycles. The number of rotatable bonds is 2. The highest BCUT2D eigenvalue weighted by Crippen LogP contribution is 2.18. The second-order valence-electron chi connectivity index (χ2n) is 3.50. The van der Waals surface area contributed by atoms with Gasteiger partial charge < -0.3 is 0 Å². The van der Waals surface area contributed by atoms with E-state index < -0.39 is 0 Å². The molecular weight excluding hydrogens is 132 g/mol. The van der Waals surface area contributed by atoms with Crippen molar-refractivity contribution >= 4 is 0 Å². The summed E-state index contributed by atoms with van der Waals surface area (Å²) in [6.07, 6.45) is 9.95. The third-order valence-corrected chi connectivity index (χ3v) is 1.89. The van der Waals surface area contributed by atoms with E-state index in [-0.39, 0.29) is 0 Å². The predicted molar refractivity (Wildman–Crippen MR) is 50.4 cm³/mol. The Hall–Kier alpha value is -0.780. The van der Waals surface area contributed by atoms with Gasteiger partial charge in [0.2, 0.25) is 0 Å². The second-order valence-corrected chi connectivity index (χ2v) is 3.50. The molecule has 1 aliphatic carbocycles. The fourth-order valence-electron chi connectivity index (χ4n) is 1.12. The molecule has 0 nitrogen and oxygen atoms in total. The zero-order valence-electron chi connectivity index (χ0n) is 7.59. The Morgan fingerprint density at radius 1 is 1.45 bits per heavy atom. The molecule has 0 amide bonds. The van der Waals surface area contributed by atoms with Gasteiger partial charge in [-0.05, 0) is 30.4 Å². The lowest BCUT2D eigenvalue weighted by Crippen LogP contribution is -1.84. The van der Waals surface area contributed by atoms with Crippen LogP contribution in [-0.2, 0) is 0 Å². The quantitative estimate of drug-likeness (QED) is 0.562. The zero-order valence-corrected chi connectivity index (χ0v) is 7.59. The van der Waals surface area contributed by atoms with E-state index in [1.165, 1.54) is 17.6 Å². The van der Waals surface area contributed by atoms with Crippen molar-refractivity contribution in [2.24, 2.45) is 5.92 Å². The lowest BCUT2D eigenvalue weighted by molar-refractivity contribution is 0.662. The van der Waals surface area contributed by atoms with E-state index in [1.54, 1.807) is 0 Å². The molecule has 0 atom stereocenters. The Morgan fingerprint density at radius 2 is 2.18 bits per heavy atom. The Labute approximate surface area is 69.3 Å². The summed E-state index contributed by atoms with van der Waals surface area (Å²) < 4.78 is 0. The molecule has 11 heavy (non-hydrogen) atoms. The average molecular weight is 148 g/mol.